The minimum atomic E-state index is -1.22. The SMILES string of the molecule is CC(O)(CO)CNc1cc(=O)[nH]cn1. The zero-order valence-electron chi connectivity index (χ0n) is 7.82. The third kappa shape index (κ3) is 3.15. The topological polar surface area (TPSA) is 98.2 Å². The zero-order valence-corrected chi connectivity index (χ0v) is 7.82. The number of aromatic nitrogens is 2. The van der Waals surface area contributed by atoms with Crippen molar-refractivity contribution in [3.05, 3.63) is 22.7 Å². The molecule has 4 N–H and O–H groups in total. The van der Waals surface area contributed by atoms with E-state index in [1.54, 1.807) is 0 Å². The Morgan fingerprint density at radius 2 is 2.43 bits per heavy atom. The van der Waals surface area contributed by atoms with E-state index in [1.165, 1.54) is 19.3 Å². The molecular weight excluding hydrogens is 186 g/mol. The number of aliphatic hydroxyl groups is 2. The summed E-state index contributed by atoms with van der Waals surface area (Å²) in [4.78, 5) is 17.0. The van der Waals surface area contributed by atoms with Crippen molar-refractivity contribution in [1.29, 1.82) is 0 Å². The Morgan fingerprint density at radius 1 is 1.71 bits per heavy atom. The second-order valence-electron chi connectivity index (χ2n) is 3.30. The van der Waals surface area contributed by atoms with Crippen LogP contribution in [0.3, 0.4) is 0 Å². The van der Waals surface area contributed by atoms with E-state index in [9.17, 15) is 9.90 Å². The van der Waals surface area contributed by atoms with Crippen LogP contribution >= 0.6 is 0 Å². The standard InChI is InChI=1S/C8H13N3O3/c1-8(14,4-12)3-9-6-2-7(13)11-5-10-6/h2,5,12,14H,3-4H2,1H3,(H2,9,10,11,13). The van der Waals surface area contributed by atoms with Gasteiger partial charge in [-0.3, -0.25) is 4.79 Å². The van der Waals surface area contributed by atoms with Crippen molar-refractivity contribution in [1.82, 2.24) is 9.97 Å². The number of nitrogens with one attached hydrogen (secondary N) is 2. The highest BCUT2D eigenvalue weighted by atomic mass is 16.3. The number of anilines is 1. The van der Waals surface area contributed by atoms with E-state index >= 15 is 0 Å². The van der Waals surface area contributed by atoms with Gasteiger partial charge in [0.15, 0.2) is 0 Å². The fraction of sp³-hybridized carbons (Fsp3) is 0.500. The van der Waals surface area contributed by atoms with E-state index in [1.807, 2.05) is 0 Å². The summed E-state index contributed by atoms with van der Waals surface area (Å²) in [6, 6.07) is 1.27. The summed E-state index contributed by atoms with van der Waals surface area (Å²) in [5.41, 5.74) is -1.49. The number of nitrogens with zero attached hydrogens (tertiary/aromatic N) is 1. The van der Waals surface area contributed by atoms with Gasteiger partial charge in [0.2, 0.25) is 0 Å². The lowest BCUT2D eigenvalue weighted by Gasteiger charge is -2.20. The van der Waals surface area contributed by atoms with Gasteiger partial charge < -0.3 is 20.5 Å². The fourth-order valence-corrected chi connectivity index (χ4v) is 0.802. The minimum absolute atomic E-state index is 0.125. The summed E-state index contributed by atoms with van der Waals surface area (Å²) < 4.78 is 0. The van der Waals surface area contributed by atoms with Crippen LogP contribution in [-0.4, -0.2) is 38.9 Å². The Balaban J connectivity index is 2.58. The van der Waals surface area contributed by atoms with Crippen LogP contribution in [0.5, 0.6) is 0 Å². The number of aromatic amines is 1. The van der Waals surface area contributed by atoms with Gasteiger partial charge in [0, 0.05) is 12.6 Å². The first-order valence-corrected chi connectivity index (χ1v) is 4.15. The quantitative estimate of drug-likeness (QED) is 0.494. The first-order valence-electron chi connectivity index (χ1n) is 4.15. The molecule has 1 rings (SSSR count). The summed E-state index contributed by atoms with van der Waals surface area (Å²) in [5, 5.41) is 20.9. The maximum absolute atomic E-state index is 10.8. The van der Waals surface area contributed by atoms with Gasteiger partial charge in [0.1, 0.15) is 11.4 Å². The summed E-state index contributed by atoms with van der Waals surface area (Å²) >= 11 is 0. The van der Waals surface area contributed by atoms with E-state index in [-0.39, 0.29) is 18.7 Å². The molecule has 1 aromatic heterocycles. The average Bonchev–Trinajstić information content (AvgIpc) is 2.15. The third-order valence-electron chi connectivity index (χ3n) is 1.67. The van der Waals surface area contributed by atoms with E-state index in [0.29, 0.717) is 5.82 Å². The molecule has 14 heavy (non-hydrogen) atoms. The molecule has 0 aliphatic carbocycles. The van der Waals surface area contributed by atoms with Gasteiger partial charge in [-0.25, -0.2) is 4.98 Å². The highest BCUT2D eigenvalue weighted by Crippen LogP contribution is 2.03. The molecule has 6 nitrogen and oxygen atoms in total. The van der Waals surface area contributed by atoms with Crippen LogP contribution < -0.4 is 10.9 Å². The average molecular weight is 199 g/mol. The monoisotopic (exact) mass is 199 g/mol. The Hall–Kier alpha value is -1.40. The Kier molecular flexibility index (Phi) is 3.21. The molecular formula is C8H13N3O3. The van der Waals surface area contributed by atoms with Crippen molar-refractivity contribution >= 4 is 5.82 Å². The molecule has 1 unspecified atom stereocenters. The zero-order chi connectivity index (χ0) is 10.6. The minimum Gasteiger partial charge on any atom is -0.393 e. The molecule has 0 aliphatic heterocycles. The van der Waals surface area contributed by atoms with Gasteiger partial charge in [-0.2, -0.15) is 0 Å². The molecule has 0 aliphatic rings. The largest absolute Gasteiger partial charge is 0.393 e. The molecule has 1 atom stereocenters. The Bertz CT molecular complexity index is 348. The van der Waals surface area contributed by atoms with Crippen LogP contribution in [0.25, 0.3) is 0 Å². The first kappa shape index (κ1) is 10.7. The third-order valence-corrected chi connectivity index (χ3v) is 1.67. The number of hydrogen-bond donors (Lipinski definition) is 4. The van der Waals surface area contributed by atoms with E-state index in [0.717, 1.165) is 0 Å². The molecule has 0 radical (unpaired) electrons. The van der Waals surface area contributed by atoms with Crippen molar-refractivity contribution < 1.29 is 10.2 Å². The van der Waals surface area contributed by atoms with Crippen LogP contribution in [0.15, 0.2) is 17.2 Å². The maximum atomic E-state index is 10.8. The van der Waals surface area contributed by atoms with Gasteiger partial charge in [-0.1, -0.05) is 0 Å². The van der Waals surface area contributed by atoms with Crippen molar-refractivity contribution in [2.24, 2.45) is 0 Å². The summed E-state index contributed by atoms with van der Waals surface area (Å²) in [6.07, 6.45) is 1.26. The molecule has 0 saturated heterocycles. The van der Waals surface area contributed by atoms with E-state index in [4.69, 9.17) is 5.11 Å². The van der Waals surface area contributed by atoms with Crippen LogP contribution in [0.2, 0.25) is 0 Å². The molecule has 6 heteroatoms. The number of aliphatic hydroxyl groups excluding tert-OH is 1. The molecule has 0 aromatic carbocycles. The number of H-pyrrole nitrogens is 1. The first-order chi connectivity index (χ1) is 6.53. The van der Waals surface area contributed by atoms with E-state index < -0.39 is 5.60 Å². The highest BCUT2D eigenvalue weighted by Gasteiger charge is 2.18. The van der Waals surface area contributed by atoms with Crippen LogP contribution in [-0.2, 0) is 0 Å². The van der Waals surface area contributed by atoms with Crippen molar-refractivity contribution in [2.45, 2.75) is 12.5 Å². The molecule has 0 fully saturated rings. The summed E-state index contributed by atoms with van der Waals surface area (Å²) in [7, 11) is 0. The highest BCUT2D eigenvalue weighted by molar-refractivity contribution is 5.31. The molecule has 1 heterocycles. The molecule has 0 saturated carbocycles. The predicted octanol–water partition coefficient (Wildman–Crippen LogP) is -1.07. The second kappa shape index (κ2) is 4.21. The second-order valence-corrected chi connectivity index (χ2v) is 3.30. The van der Waals surface area contributed by atoms with Gasteiger partial charge in [0.25, 0.3) is 5.56 Å². The normalized spacial score (nSPS) is 14.8. The maximum Gasteiger partial charge on any atom is 0.252 e. The molecule has 0 amide bonds. The lowest BCUT2D eigenvalue weighted by Crippen LogP contribution is -2.37. The summed E-state index contributed by atoms with van der Waals surface area (Å²) in [5.74, 6) is 0.363. The summed E-state index contributed by atoms with van der Waals surface area (Å²) in [6.45, 7) is 1.25. The van der Waals surface area contributed by atoms with Crippen molar-refractivity contribution in [2.75, 3.05) is 18.5 Å². The van der Waals surface area contributed by atoms with Gasteiger partial charge >= 0.3 is 0 Å². The molecule has 0 bridgehead atoms. The van der Waals surface area contributed by atoms with Crippen LogP contribution in [0, 0.1) is 0 Å². The molecule has 0 spiro atoms. The molecule has 1 aromatic rings. The van der Waals surface area contributed by atoms with Gasteiger partial charge in [0.05, 0.1) is 12.9 Å². The number of hydrogen-bond acceptors (Lipinski definition) is 5. The van der Waals surface area contributed by atoms with Crippen LogP contribution in [0.1, 0.15) is 6.92 Å². The lowest BCUT2D eigenvalue weighted by atomic mass is 10.1. The van der Waals surface area contributed by atoms with Gasteiger partial charge in [-0.15, -0.1) is 0 Å². The fourth-order valence-electron chi connectivity index (χ4n) is 0.802. The smallest absolute Gasteiger partial charge is 0.252 e. The Labute approximate surface area is 80.6 Å². The Morgan fingerprint density at radius 3 is 3.00 bits per heavy atom. The van der Waals surface area contributed by atoms with Crippen molar-refractivity contribution in [3.8, 4) is 0 Å². The van der Waals surface area contributed by atoms with E-state index in [2.05, 4.69) is 15.3 Å². The lowest BCUT2D eigenvalue weighted by molar-refractivity contribution is 0.0131. The predicted molar refractivity (Wildman–Crippen MR) is 51.1 cm³/mol. The van der Waals surface area contributed by atoms with Crippen molar-refractivity contribution in [3.63, 3.8) is 0 Å². The van der Waals surface area contributed by atoms with Gasteiger partial charge in [-0.05, 0) is 6.92 Å². The number of rotatable bonds is 4. The van der Waals surface area contributed by atoms with Crippen LogP contribution in [0.4, 0.5) is 5.82 Å². The molecule has 78 valence electrons.